The number of nitrogens with zero attached hydrogens (tertiary/aromatic N) is 6. The maximum atomic E-state index is 13.7. The van der Waals surface area contributed by atoms with Gasteiger partial charge in [-0.1, -0.05) is 12.1 Å². The van der Waals surface area contributed by atoms with Gasteiger partial charge in [0.1, 0.15) is 11.6 Å². The topological polar surface area (TPSA) is 121 Å². The number of aromatic amines is 1. The Hall–Kier alpha value is -5.31. The lowest BCUT2D eigenvalue weighted by Gasteiger charge is -2.30. The van der Waals surface area contributed by atoms with Gasteiger partial charge in [0, 0.05) is 18.6 Å². The summed E-state index contributed by atoms with van der Waals surface area (Å²) >= 11 is 0. The molecule has 0 aliphatic rings. The average molecular weight is 558 g/mol. The second-order valence-electron chi connectivity index (χ2n) is 9.25. The van der Waals surface area contributed by atoms with E-state index in [0.29, 0.717) is 22.6 Å². The quantitative estimate of drug-likeness (QED) is 0.309. The molecule has 5 rings (SSSR count). The van der Waals surface area contributed by atoms with Crippen LogP contribution in [0.5, 0.6) is 0 Å². The lowest BCUT2D eigenvalue weighted by Crippen LogP contribution is -2.38. The molecule has 3 heterocycles. The zero-order chi connectivity index (χ0) is 29.1. The number of pyridine rings is 1. The summed E-state index contributed by atoms with van der Waals surface area (Å²) in [4.78, 5) is 45.0. The van der Waals surface area contributed by atoms with E-state index in [1.165, 1.54) is 34.0 Å². The summed E-state index contributed by atoms with van der Waals surface area (Å²) in [6, 6.07) is 15.2. The fraction of sp³-hybridized carbons (Fsp3) is 0.172. The summed E-state index contributed by atoms with van der Waals surface area (Å²) in [6.45, 7) is 1.71. The van der Waals surface area contributed by atoms with Crippen LogP contribution in [0.2, 0.25) is 0 Å². The van der Waals surface area contributed by atoms with Crippen LogP contribution in [-0.4, -0.2) is 35.3 Å². The molecule has 9 nitrogen and oxygen atoms in total. The molecule has 0 aliphatic carbocycles. The minimum atomic E-state index is -4.49. The molecule has 1 atom stereocenters. The molecule has 12 heteroatoms. The van der Waals surface area contributed by atoms with Crippen molar-refractivity contribution < 1.29 is 18.0 Å². The van der Waals surface area contributed by atoms with E-state index < -0.39 is 29.2 Å². The molecule has 0 saturated heterocycles. The molecular formula is C29H22F3N7O2. The zero-order valence-corrected chi connectivity index (χ0v) is 21.6. The van der Waals surface area contributed by atoms with Crippen molar-refractivity contribution in [3.63, 3.8) is 0 Å². The highest BCUT2D eigenvalue weighted by Crippen LogP contribution is 2.30. The standard InChI is InChI=1S/C29H22F3N7O2/c1-18(27-37-26-23(3-2-12-36-26)28(41)39(27)22-10-6-20(16-33)7-11-22)38(17-24-34-13-14-35-24)25(40)15-19-4-8-21(9-5-19)29(30,31)32/h2-14,18H,15,17H2,1H3,(H,34,35). The molecule has 0 saturated carbocycles. The van der Waals surface area contributed by atoms with Crippen molar-refractivity contribution in [3.8, 4) is 11.8 Å². The second-order valence-corrected chi connectivity index (χ2v) is 9.25. The fourth-order valence-electron chi connectivity index (χ4n) is 4.46. The Morgan fingerprint density at radius 1 is 1.07 bits per heavy atom. The van der Waals surface area contributed by atoms with E-state index in [9.17, 15) is 28.0 Å². The SMILES string of the molecule is CC(c1nc2ncccc2c(=O)n1-c1ccc(C#N)cc1)N(Cc1ncc[nH]1)C(=O)Cc1ccc(C(F)(F)F)cc1. The zero-order valence-electron chi connectivity index (χ0n) is 21.6. The Morgan fingerprint density at radius 3 is 2.44 bits per heavy atom. The smallest absolute Gasteiger partial charge is 0.347 e. The van der Waals surface area contributed by atoms with Crippen LogP contribution in [0.3, 0.4) is 0 Å². The highest BCUT2D eigenvalue weighted by atomic mass is 19.4. The first-order chi connectivity index (χ1) is 19.7. The predicted octanol–water partition coefficient (Wildman–Crippen LogP) is 4.73. The summed E-state index contributed by atoms with van der Waals surface area (Å²) in [6.07, 6.45) is -0.0538. The first-order valence-electron chi connectivity index (χ1n) is 12.5. The first-order valence-corrected chi connectivity index (χ1v) is 12.5. The number of hydrogen-bond acceptors (Lipinski definition) is 6. The summed E-state index contributed by atoms with van der Waals surface area (Å²) in [5, 5.41) is 9.49. The van der Waals surface area contributed by atoms with Crippen molar-refractivity contribution in [2.24, 2.45) is 0 Å². The maximum Gasteiger partial charge on any atom is 0.416 e. The number of nitriles is 1. The number of nitrogens with one attached hydrogen (secondary N) is 1. The van der Waals surface area contributed by atoms with Gasteiger partial charge in [-0.3, -0.25) is 14.2 Å². The number of imidazole rings is 1. The van der Waals surface area contributed by atoms with Crippen LogP contribution in [0, 0.1) is 11.3 Å². The van der Waals surface area contributed by atoms with Gasteiger partial charge in [0.2, 0.25) is 5.91 Å². The molecule has 2 aromatic carbocycles. The van der Waals surface area contributed by atoms with Gasteiger partial charge in [-0.05, 0) is 61.0 Å². The van der Waals surface area contributed by atoms with E-state index in [1.807, 2.05) is 6.07 Å². The van der Waals surface area contributed by atoms with Gasteiger partial charge < -0.3 is 9.88 Å². The molecular weight excluding hydrogens is 535 g/mol. The molecule has 0 bridgehead atoms. The van der Waals surface area contributed by atoms with Crippen LogP contribution in [0.15, 0.2) is 84.0 Å². The normalized spacial score (nSPS) is 12.2. The largest absolute Gasteiger partial charge is 0.416 e. The molecule has 0 aliphatic heterocycles. The van der Waals surface area contributed by atoms with Crippen molar-refractivity contribution in [2.75, 3.05) is 0 Å². The van der Waals surface area contributed by atoms with Crippen LogP contribution in [0.1, 0.15) is 41.3 Å². The molecule has 1 N–H and O–H groups in total. The Bertz CT molecular complexity index is 1790. The molecule has 41 heavy (non-hydrogen) atoms. The van der Waals surface area contributed by atoms with E-state index in [0.717, 1.165) is 12.1 Å². The lowest BCUT2D eigenvalue weighted by atomic mass is 10.1. The van der Waals surface area contributed by atoms with Gasteiger partial charge in [-0.25, -0.2) is 15.0 Å². The third-order valence-electron chi connectivity index (χ3n) is 6.60. The minimum Gasteiger partial charge on any atom is -0.347 e. The van der Waals surface area contributed by atoms with Crippen molar-refractivity contribution >= 4 is 16.9 Å². The van der Waals surface area contributed by atoms with Gasteiger partial charge in [-0.2, -0.15) is 18.4 Å². The van der Waals surface area contributed by atoms with E-state index in [4.69, 9.17) is 0 Å². The number of rotatable bonds is 7. The first kappa shape index (κ1) is 27.3. The summed E-state index contributed by atoms with van der Waals surface area (Å²) in [7, 11) is 0. The van der Waals surface area contributed by atoms with Crippen LogP contribution in [0.25, 0.3) is 16.7 Å². The van der Waals surface area contributed by atoms with Crippen molar-refractivity contribution in [1.29, 1.82) is 5.26 Å². The molecule has 0 spiro atoms. The van der Waals surface area contributed by atoms with Crippen LogP contribution < -0.4 is 5.56 Å². The lowest BCUT2D eigenvalue weighted by molar-refractivity contribution is -0.137. The highest BCUT2D eigenvalue weighted by molar-refractivity contribution is 5.79. The van der Waals surface area contributed by atoms with Crippen LogP contribution in [0.4, 0.5) is 13.2 Å². The van der Waals surface area contributed by atoms with Crippen molar-refractivity contribution in [2.45, 2.75) is 32.1 Å². The third kappa shape index (κ3) is 5.69. The molecule has 1 amide bonds. The molecule has 1 unspecified atom stereocenters. The maximum absolute atomic E-state index is 13.7. The van der Waals surface area contributed by atoms with E-state index in [-0.39, 0.29) is 29.8 Å². The van der Waals surface area contributed by atoms with Crippen molar-refractivity contribution in [3.05, 3.63) is 118 Å². The fourth-order valence-corrected chi connectivity index (χ4v) is 4.46. The summed E-state index contributed by atoms with van der Waals surface area (Å²) in [5.41, 5.74) is 0.187. The molecule has 0 fully saturated rings. The van der Waals surface area contributed by atoms with Gasteiger partial charge >= 0.3 is 6.18 Å². The van der Waals surface area contributed by atoms with Gasteiger partial charge in [0.15, 0.2) is 5.65 Å². The molecule has 3 aromatic heterocycles. The molecule has 5 aromatic rings. The number of alkyl halides is 3. The number of fused-ring (bicyclic) bond motifs is 1. The van der Waals surface area contributed by atoms with Gasteiger partial charge in [0.05, 0.1) is 47.3 Å². The number of aromatic nitrogens is 5. The Kier molecular flexibility index (Phi) is 7.35. The number of carbonyl (C=O) groups excluding carboxylic acids is 1. The number of amides is 1. The van der Waals surface area contributed by atoms with Crippen LogP contribution >= 0.6 is 0 Å². The third-order valence-corrected chi connectivity index (χ3v) is 6.60. The Morgan fingerprint density at radius 2 is 1.80 bits per heavy atom. The van der Waals surface area contributed by atoms with E-state index in [2.05, 4.69) is 19.9 Å². The Balaban J connectivity index is 1.59. The molecule has 0 radical (unpaired) electrons. The average Bonchev–Trinajstić information content (AvgIpc) is 3.49. The number of benzene rings is 2. The van der Waals surface area contributed by atoms with Crippen molar-refractivity contribution in [1.82, 2.24) is 29.4 Å². The highest BCUT2D eigenvalue weighted by Gasteiger charge is 2.31. The number of H-pyrrole nitrogens is 1. The summed E-state index contributed by atoms with van der Waals surface area (Å²) < 4.78 is 40.5. The van der Waals surface area contributed by atoms with Gasteiger partial charge in [-0.15, -0.1) is 0 Å². The van der Waals surface area contributed by atoms with E-state index >= 15 is 0 Å². The van der Waals surface area contributed by atoms with Gasteiger partial charge in [0.25, 0.3) is 5.56 Å². The number of carbonyl (C=O) groups is 1. The second kappa shape index (κ2) is 11.1. The Labute approximate surface area is 231 Å². The minimum absolute atomic E-state index is 0.0110. The van der Waals surface area contributed by atoms with Crippen LogP contribution in [-0.2, 0) is 23.9 Å². The number of hydrogen-bond donors (Lipinski definition) is 1. The number of halogens is 3. The summed E-state index contributed by atoms with van der Waals surface area (Å²) in [5.74, 6) is 0.248. The molecule has 206 valence electrons. The predicted molar refractivity (Wildman–Crippen MR) is 143 cm³/mol. The monoisotopic (exact) mass is 557 g/mol. The van der Waals surface area contributed by atoms with E-state index in [1.54, 1.807) is 49.5 Å².